The summed E-state index contributed by atoms with van der Waals surface area (Å²) in [4.78, 5) is 25.8. The standard InChI is InChI=1S/C19H21BrN2O2S/c1-14-6-5-8-16(10-14)21-18(23)12-25-13-19(24)22(2)11-15-7-3-4-9-17(15)20/h3-10H,11-13H2,1-2H3,(H,21,23). The van der Waals surface area contributed by atoms with Gasteiger partial charge in [-0.15, -0.1) is 11.8 Å². The highest BCUT2D eigenvalue weighted by Gasteiger charge is 2.12. The number of thioether (sulfide) groups is 1. The van der Waals surface area contributed by atoms with Gasteiger partial charge in [-0.2, -0.15) is 0 Å². The Morgan fingerprint density at radius 1 is 1.12 bits per heavy atom. The molecule has 0 radical (unpaired) electrons. The normalized spacial score (nSPS) is 10.4. The van der Waals surface area contributed by atoms with Crippen molar-refractivity contribution in [3.63, 3.8) is 0 Å². The minimum atomic E-state index is -0.100. The van der Waals surface area contributed by atoms with E-state index >= 15 is 0 Å². The third kappa shape index (κ3) is 6.55. The van der Waals surface area contributed by atoms with Gasteiger partial charge in [0.1, 0.15) is 0 Å². The molecule has 0 spiro atoms. The number of aryl methyl sites for hydroxylation is 1. The summed E-state index contributed by atoms with van der Waals surface area (Å²) in [5.41, 5.74) is 2.93. The lowest BCUT2D eigenvalue weighted by Crippen LogP contribution is -2.28. The second kappa shape index (κ2) is 9.63. The molecular formula is C19H21BrN2O2S. The predicted molar refractivity (Wildman–Crippen MR) is 108 cm³/mol. The zero-order valence-electron chi connectivity index (χ0n) is 14.3. The van der Waals surface area contributed by atoms with Crippen LogP contribution in [0.25, 0.3) is 0 Å². The fourth-order valence-corrected chi connectivity index (χ4v) is 3.40. The Labute approximate surface area is 161 Å². The monoisotopic (exact) mass is 420 g/mol. The lowest BCUT2D eigenvalue weighted by atomic mass is 10.2. The van der Waals surface area contributed by atoms with Gasteiger partial charge in [-0.3, -0.25) is 9.59 Å². The number of hydrogen-bond donors (Lipinski definition) is 1. The fraction of sp³-hybridized carbons (Fsp3) is 0.263. The van der Waals surface area contributed by atoms with E-state index in [1.54, 1.807) is 11.9 Å². The first kappa shape index (κ1) is 19.5. The van der Waals surface area contributed by atoms with Gasteiger partial charge in [0.05, 0.1) is 11.5 Å². The van der Waals surface area contributed by atoms with Crippen molar-refractivity contribution in [3.8, 4) is 0 Å². The van der Waals surface area contributed by atoms with Gasteiger partial charge in [0.2, 0.25) is 11.8 Å². The van der Waals surface area contributed by atoms with E-state index in [2.05, 4.69) is 21.2 Å². The molecule has 2 aromatic rings. The van der Waals surface area contributed by atoms with Crippen LogP contribution in [0.5, 0.6) is 0 Å². The second-order valence-corrected chi connectivity index (χ2v) is 7.59. The Hall–Kier alpha value is -1.79. The molecule has 4 nitrogen and oxygen atoms in total. The zero-order valence-corrected chi connectivity index (χ0v) is 16.7. The van der Waals surface area contributed by atoms with Crippen molar-refractivity contribution in [1.82, 2.24) is 4.90 Å². The number of benzene rings is 2. The molecule has 0 bridgehead atoms. The van der Waals surface area contributed by atoms with Gasteiger partial charge in [-0.05, 0) is 36.2 Å². The van der Waals surface area contributed by atoms with E-state index in [1.807, 2.05) is 55.5 Å². The van der Waals surface area contributed by atoms with Crippen LogP contribution in [0.2, 0.25) is 0 Å². The minimum Gasteiger partial charge on any atom is -0.341 e. The molecule has 132 valence electrons. The van der Waals surface area contributed by atoms with Crippen LogP contribution in [0.1, 0.15) is 11.1 Å². The molecule has 0 aliphatic heterocycles. The largest absolute Gasteiger partial charge is 0.341 e. The van der Waals surface area contributed by atoms with Crippen molar-refractivity contribution < 1.29 is 9.59 Å². The van der Waals surface area contributed by atoms with Crippen LogP contribution in [0, 0.1) is 6.92 Å². The van der Waals surface area contributed by atoms with Crippen LogP contribution in [0.3, 0.4) is 0 Å². The van der Waals surface area contributed by atoms with Crippen LogP contribution in [-0.4, -0.2) is 35.3 Å². The highest BCUT2D eigenvalue weighted by atomic mass is 79.9. The molecule has 0 saturated heterocycles. The maximum absolute atomic E-state index is 12.2. The summed E-state index contributed by atoms with van der Waals surface area (Å²) in [7, 11) is 1.77. The molecule has 0 heterocycles. The summed E-state index contributed by atoms with van der Waals surface area (Å²) in [5.74, 6) is 0.436. The molecule has 0 aromatic heterocycles. The Kier molecular flexibility index (Phi) is 7.52. The van der Waals surface area contributed by atoms with Gasteiger partial charge >= 0.3 is 0 Å². The van der Waals surface area contributed by atoms with E-state index in [4.69, 9.17) is 0 Å². The molecule has 1 N–H and O–H groups in total. The number of rotatable bonds is 7. The molecule has 2 aromatic carbocycles. The van der Waals surface area contributed by atoms with Crippen LogP contribution < -0.4 is 5.32 Å². The number of carbonyl (C=O) groups is 2. The van der Waals surface area contributed by atoms with Crippen molar-refractivity contribution in [3.05, 3.63) is 64.1 Å². The van der Waals surface area contributed by atoms with Crippen molar-refractivity contribution in [2.45, 2.75) is 13.5 Å². The third-order valence-corrected chi connectivity index (χ3v) is 5.24. The average Bonchev–Trinajstić information content (AvgIpc) is 2.56. The van der Waals surface area contributed by atoms with Gasteiger partial charge in [0.15, 0.2) is 0 Å². The molecule has 0 unspecified atom stereocenters. The Morgan fingerprint density at radius 3 is 2.60 bits per heavy atom. The fourth-order valence-electron chi connectivity index (χ4n) is 2.23. The summed E-state index contributed by atoms with van der Waals surface area (Å²) in [6.07, 6.45) is 0. The summed E-state index contributed by atoms with van der Waals surface area (Å²) in [6.45, 7) is 2.51. The summed E-state index contributed by atoms with van der Waals surface area (Å²) in [6, 6.07) is 15.5. The lowest BCUT2D eigenvalue weighted by Gasteiger charge is -2.18. The van der Waals surface area contributed by atoms with Crippen molar-refractivity contribution in [2.75, 3.05) is 23.9 Å². The molecule has 0 saturated carbocycles. The topological polar surface area (TPSA) is 49.4 Å². The van der Waals surface area contributed by atoms with E-state index < -0.39 is 0 Å². The van der Waals surface area contributed by atoms with Crippen LogP contribution >= 0.6 is 27.7 Å². The molecule has 2 rings (SSSR count). The summed E-state index contributed by atoms with van der Waals surface area (Å²) >= 11 is 4.81. The molecule has 0 aliphatic rings. The first-order valence-electron chi connectivity index (χ1n) is 7.87. The van der Waals surface area contributed by atoms with Crippen LogP contribution in [0.4, 0.5) is 5.69 Å². The van der Waals surface area contributed by atoms with E-state index in [0.717, 1.165) is 21.3 Å². The van der Waals surface area contributed by atoms with Gasteiger partial charge in [0.25, 0.3) is 0 Å². The molecule has 0 fully saturated rings. The predicted octanol–water partition coefficient (Wildman–Crippen LogP) is 4.09. The number of nitrogens with zero attached hydrogens (tertiary/aromatic N) is 1. The van der Waals surface area contributed by atoms with Gasteiger partial charge in [-0.25, -0.2) is 0 Å². The summed E-state index contributed by atoms with van der Waals surface area (Å²) in [5, 5.41) is 2.84. The van der Waals surface area contributed by atoms with E-state index in [9.17, 15) is 9.59 Å². The third-order valence-electron chi connectivity index (χ3n) is 3.55. The van der Waals surface area contributed by atoms with Crippen LogP contribution in [0.15, 0.2) is 53.0 Å². The van der Waals surface area contributed by atoms with Gasteiger partial charge < -0.3 is 10.2 Å². The number of hydrogen-bond acceptors (Lipinski definition) is 3. The maximum Gasteiger partial charge on any atom is 0.234 e. The number of nitrogens with one attached hydrogen (secondary N) is 1. The van der Waals surface area contributed by atoms with Crippen LogP contribution in [-0.2, 0) is 16.1 Å². The Morgan fingerprint density at radius 2 is 1.88 bits per heavy atom. The van der Waals surface area contributed by atoms with E-state index in [0.29, 0.717) is 6.54 Å². The molecular weight excluding hydrogens is 400 g/mol. The quantitative estimate of drug-likeness (QED) is 0.733. The first-order valence-corrected chi connectivity index (χ1v) is 9.82. The second-order valence-electron chi connectivity index (χ2n) is 5.75. The number of anilines is 1. The first-order chi connectivity index (χ1) is 12.0. The lowest BCUT2D eigenvalue weighted by molar-refractivity contribution is -0.127. The summed E-state index contributed by atoms with van der Waals surface area (Å²) < 4.78 is 0.986. The zero-order chi connectivity index (χ0) is 18.2. The Bertz CT molecular complexity index is 752. The molecule has 0 atom stereocenters. The van der Waals surface area contributed by atoms with Gasteiger partial charge in [0, 0.05) is 23.8 Å². The van der Waals surface area contributed by atoms with Crippen molar-refractivity contribution >= 4 is 45.2 Å². The van der Waals surface area contributed by atoms with E-state index in [1.165, 1.54) is 11.8 Å². The number of amides is 2. The van der Waals surface area contributed by atoms with Gasteiger partial charge in [-0.1, -0.05) is 46.3 Å². The maximum atomic E-state index is 12.2. The highest BCUT2D eigenvalue weighted by molar-refractivity contribution is 9.10. The smallest absolute Gasteiger partial charge is 0.234 e. The number of carbonyl (C=O) groups excluding carboxylic acids is 2. The Balaban J connectivity index is 1.74. The minimum absolute atomic E-state index is 0.00380. The highest BCUT2D eigenvalue weighted by Crippen LogP contribution is 2.18. The molecule has 6 heteroatoms. The average molecular weight is 421 g/mol. The molecule has 0 aliphatic carbocycles. The number of halogens is 1. The van der Waals surface area contributed by atoms with E-state index in [-0.39, 0.29) is 23.3 Å². The molecule has 2 amide bonds. The SMILES string of the molecule is Cc1cccc(NC(=O)CSCC(=O)N(C)Cc2ccccc2Br)c1. The van der Waals surface area contributed by atoms with Crippen molar-refractivity contribution in [1.29, 1.82) is 0 Å². The molecule has 25 heavy (non-hydrogen) atoms. The van der Waals surface area contributed by atoms with Crippen molar-refractivity contribution in [2.24, 2.45) is 0 Å².